The van der Waals surface area contributed by atoms with Crippen LogP contribution in [-0.2, 0) is 17.6 Å². The van der Waals surface area contributed by atoms with Gasteiger partial charge in [-0.05, 0) is 60.7 Å². The van der Waals surface area contributed by atoms with E-state index in [0.717, 1.165) is 48.2 Å². The summed E-state index contributed by atoms with van der Waals surface area (Å²) in [6, 6.07) is 13.2. The Kier molecular flexibility index (Phi) is 7.36. The number of rotatable bonds is 6. The molecule has 1 aliphatic rings. The first-order valence-corrected chi connectivity index (χ1v) is 13.0. The van der Waals surface area contributed by atoms with E-state index in [2.05, 4.69) is 17.5 Å². The molecule has 1 aromatic carbocycles. The standard InChI is InChI=1S/C26H27N3O2S2/c1-16(2)24(25(31)28-20-11-6-7-12-21(20)30)33-26-18(15-27)23(22-13-8-14-32-22)17-9-4-3-5-10-19(17)29-26/h6-8,11-14,16,24,30H,3-5,9-10H2,1-2H3,(H,28,31)/t24-/m0/s1. The smallest absolute Gasteiger partial charge is 0.238 e. The van der Waals surface area contributed by atoms with E-state index in [9.17, 15) is 15.2 Å². The summed E-state index contributed by atoms with van der Waals surface area (Å²) in [5, 5.41) is 25.3. The lowest BCUT2D eigenvalue weighted by Gasteiger charge is -2.22. The van der Waals surface area contributed by atoms with E-state index in [4.69, 9.17) is 4.98 Å². The Morgan fingerprint density at radius 2 is 1.97 bits per heavy atom. The molecule has 3 aromatic rings. The van der Waals surface area contributed by atoms with Crippen molar-refractivity contribution < 1.29 is 9.90 Å². The Morgan fingerprint density at radius 1 is 1.18 bits per heavy atom. The van der Waals surface area contributed by atoms with E-state index in [1.54, 1.807) is 35.6 Å². The largest absolute Gasteiger partial charge is 0.506 e. The number of hydrogen-bond donors (Lipinski definition) is 2. The molecule has 5 nitrogen and oxygen atoms in total. The zero-order chi connectivity index (χ0) is 23.4. The fourth-order valence-electron chi connectivity index (χ4n) is 4.17. The monoisotopic (exact) mass is 477 g/mol. The number of fused-ring (bicyclic) bond motifs is 1. The predicted octanol–water partition coefficient (Wildman–Crippen LogP) is 6.41. The third-order valence-electron chi connectivity index (χ3n) is 5.83. The third-order valence-corrected chi connectivity index (χ3v) is 8.25. The number of nitrogens with zero attached hydrogens (tertiary/aromatic N) is 2. The molecule has 0 radical (unpaired) electrons. The number of anilines is 1. The molecule has 2 N–H and O–H groups in total. The Bertz CT molecular complexity index is 1180. The molecule has 4 rings (SSSR count). The zero-order valence-electron chi connectivity index (χ0n) is 18.8. The van der Waals surface area contributed by atoms with Crippen molar-refractivity contribution in [2.45, 2.75) is 56.2 Å². The fourth-order valence-corrected chi connectivity index (χ4v) is 6.08. The molecule has 2 aromatic heterocycles. The number of aryl methyl sites for hydroxylation is 1. The highest BCUT2D eigenvalue weighted by atomic mass is 32.2. The van der Waals surface area contributed by atoms with Crippen LogP contribution in [0.2, 0.25) is 0 Å². The second-order valence-electron chi connectivity index (χ2n) is 8.53. The summed E-state index contributed by atoms with van der Waals surface area (Å²) in [5.41, 5.74) is 4.18. The van der Waals surface area contributed by atoms with Crippen LogP contribution >= 0.6 is 23.1 Å². The summed E-state index contributed by atoms with van der Waals surface area (Å²) in [6.07, 6.45) is 5.16. The van der Waals surface area contributed by atoms with Crippen molar-refractivity contribution in [3.8, 4) is 22.3 Å². The van der Waals surface area contributed by atoms with E-state index in [0.29, 0.717) is 16.3 Å². The Morgan fingerprint density at radius 3 is 2.67 bits per heavy atom. The van der Waals surface area contributed by atoms with Gasteiger partial charge in [-0.15, -0.1) is 11.3 Å². The number of aromatic hydroxyl groups is 1. The number of hydrogen-bond acceptors (Lipinski definition) is 6. The topological polar surface area (TPSA) is 86.0 Å². The number of amides is 1. The van der Waals surface area contributed by atoms with Crippen LogP contribution in [0.4, 0.5) is 5.69 Å². The summed E-state index contributed by atoms with van der Waals surface area (Å²) < 4.78 is 0. The zero-order valence-corrected chi connectivity index (χ0v) is 20.4. The number of aromatic nitrogens is 1. The molecule has 0 unspecified atom stereocenters. The second kappa shape index (κ2) is 10.4. The van der Waals surface area contributed by atoms with Gasteiger partial charge in [0.2, 0.25) is 5.91 Å². The molecule has 2 heterocycles. The average Bonchev–Trinajstić information content (AvgIpc) is 3.23. The molecule has 33 heavy (non-hydrogen) atoms. The number of nitriles is 1. The number of benzene rings is 1. The Labute approximate surface area is 202 Å². The van der Waals surface area contributed by atoms with Gasteiger partial charge >= 0.3 is 0 Å². The third kappa shape index (κ3) is 5.07. The van der Waals surface area contributed by atoms with E-state index < -0.39 is 5.25 Å². The molecule has 0 saturated carbocycles. The summed E-state index contributed by atoms with van der Waals surface area (Å²) in [6.45, 7) is 3.97. The van der Waals surface area contributed by atoms with E-state index >= 15 is 0 Å². The van der Waals surface area contributed by atoms with Crippen molar-refractivity contribution in [3.05, 3.63) is 58.6 Å². The van der Waals surface area contributed by atoms with Gasteiger partial charge < -0.3 is 10.4 Å². The number of para-hydroxylation sites is 2. The number of thioether (sulfide) groups is 1. The van der Waals surface area contributed by atoms with Crippen LogP contribution in [0.5, 0.6) is 5.75 Å². The molecule has 1 aliphatic carbocycles. The van der Waals surface area contributed by atoms with Gasteiger partial charge in [0.15, 0.2) is 0 Å². The predicted molar refractivity (Wildman–Crippen MR) is 135 cm³/mol. The van der Waals surface area contributed by atoms with Crippen LogP contribution in [0.25, 0.3) is 10.4 Å². The number of pyridine rings is 1. The van der Waals surface area contributed by atoms with Gasteiger partial charge in [0.05, 0.1) is 16.5 Å². The van der Waals surface area contributed by atoms with Crippen molar-refractivity contribution >= 4 is 34.7 Å². The molecule has 0 saturated heterocycles. The first-order chi connectivity index (χ1) is 16.0. The van der Waals surface area contributed by atoms with Gasteiger partial charge in [-0.2, -0.15) is 5.26 Å². The lowest BCUT2D eigenvalue weighted by molar-refractivity contribution is -0.116. The number of phenolic OH excluding ortho intramolecular Hbond substituents is 1. The number of phenols is 1. The maximum absolute atomic E-state index is 13.2. The van der Waals surface area contributed by atoms with E-state index in [1.165, 1.54) is 17.3 Å². The Hall–Kier alpha value is -2.82. The normalized spacial score (nSPS) is 14.2. The van der Waals surface area contributed by atoms with Gasteiger partial charge in [-0.3, -0.25) is 4.79 Å². The summed E-state index contributed by atoms with van der Waals surface area (Å²) in [4.78, 5) is 19.3. The fraction of sp³-hybridized carbons (Fsp3) is 0.346. The van der Waals surface area contributed by atoms with Crippen LogP contribution in [-0.4, -0.2) is 21.2 Å². The first-order valence-electron chi connectivity index (χ1n) is 11.2. The highest BCUT2D eigenvalue weighted by Gasteiger charge is 2.29. The average molecular weight is 478 g/mol. The van der Waals surface area contributed by atoms with Crippen LogP contribution in [0.1, 0.15) is 49.9 Å². The van der Waals surface area contributed by atoms with Gasteiger partial charge in [-0.1, -0.05) is 50.2 Å². The molecular formula is C26H27N3O2S2. The van der Waals surface area contributed by atoms with Crippen molar-refractivity contribution in [1.82, 2.24) is 4.98 Å². The SMILES string of the molecule is CC(C)[C@H](Sc1nc2c(c(-c3cccs3)c1C#N)CCCCC2)C(=O)Nc1ccccc1O. The lowest BCUT2D eigenvalue weighted by atomic mass is 9.97. The van der Waals surface area contributed by atoms with Crippen molar-refractivity contribution in [3.63, 3.8) is 0 Å². The number of carbonyl (C=O) groups excluding carboxylic acids is 1. The molecule has 0 fully saturated rings. The van der Waals surface area contributed by atoms with Gasteiger partial charge in [0.1, 0.15) is 16.8 Å². The molecule has 0 aliphatic heterocycles. The van der Waals surface area contributed by atoms with Gasteiger partial charge in [0, 0.05) is 16.1 Å². The highest BCUT2D eigenvalue weighted by molar-refractivity contribution is 8.00. The minimum atomic E-state index is -0.468. The van der Waals surface area contributed by atoms with Crippen molar-refractivity contribution in [2.75, 3.05) is 5.32 Å². The van der Waals surface area contributed by atoms with E-state index in [-0.39, 0.29) is 17.6 Å². The van der Waals surface area contributed by atoms with Crippen LogP contribution in [0.3, 0.4) is 0 Å². The highest BCUT2D eigenvalue weighted by Crippen LogP contribution is 2.41. The summed E-state index contributed by atoms with van der Waals surface area (Å²) >= 11 is 2.98. The number of nitrogens with one attached hydrogen (secondary N) is 1. The van der Waals surface area contributed by atoms with Crippen LogP contribution in [0.15, 0.2) is 46.8 Å². The van der Waals surface area contributed by atoms with Crippen LogP contribution in [0, 0.1) is 17.2 Å². The van der Waals surface area contributed by atoms with E-state index in [1.807, 2.05) is 25.3 Å². The summed E-state index contributed by atoms with van der Waals surface area (Å²) in [7, 11) is 0. The number of thiophene rings is 1. The molecule has 0 spiro atoms. The Balaban J connectivity index is 1.75. The maximum Gasteiger partial charge on any atom is 0.238 e. The van der Waals surface area contributed by atoms with Gasteiger partial charge in [-0.25, -0.2) is 4.98 Å². The molecule has 0 bridgehead atoms. The molecular weight excluding hydrogens is 450 g/mol. The number of carbonyl (C=O) groups is 1. The van der Waals surface area contributed by atoms with Crippen molar-refractivity contribution in [1.29, 1.82) is 5.26 Å². The van der Waals surface area contributed by atoms with Crippen LogP contribution < -0.4 is 5.32 Å². The quantitative estimate of drug-likeness (QED) is 0.243. The van der Waals surface area contributed by atoms with Crippen molar-refractivity contribution in [2.24, 2.45) is 5.92 Å². The first kappa shape index (κ1) is 23.3. The van der Waals surface area contributed by atoms with Gasteiger partial charge in [0.25, 0.3) is 0 Å². The maximum atomic E-state index is 13.2. The molecule has 1 amide bonds. The lowest BCUT2D eigenvalue weighted by Crippen LogP contribution is -2.30. The molecule has 1 atom stereocenters. The minimum Gasteiger partial charge on any atom is -0.506 e. The molecule has 170 valence electrons. The molecule has 7 heteroatoms. The minimum absolute atomic E-state index is 0.00167. The second-order valence-corrected chi connectivity index (χ2v) is 10.6. The summed E-state index contributed by atoms with van der Waals surface area (Å²) in [5.74, 6) is -0.188.